The van der Waals surface area contributed by atoms with Crippen molar-refractivity contribution in [1.82, 2.24) is 15.3 Å². The number of amides is 1. The summed E-state index contributed by atoms with van der Waals surface area (Å²) in [6.07, 6.45) is 1.67. The highest BCUT2D eigenvalue weighted by Gasteiger charge is 2.22. The lowest BCUT2D eigenvalue weighted by Crippen LogP contribution is -2.30. The van der Waals surface area contributed by atoms with E-state index in [1.807, 2.05) is 49.4 Å². The highest BCUT2D eigenvalue weighted by molar-refractivity contribution is 6.28. The van der Waals surface area contributed by atoms with Crippen LogP contribution < -0.4 is 10.2 Å². The fraction of sp³-hybridized carbons (Fsp3) is 0.179. The normalized spacial score (nSPS) is 10.9. The second-order valence-electron chi connectivity index (χ2n) is 8.41. The smallest absolute Gasteiger partial charge is 0.262 e. The molecule has 0 radical (unpaired) electrons. The van der Waals surface area contributed by atoms with Gasteiger partial charge in [-0.2, -0.15) is 0 Å². The summed E-state index contributed by atoms with van der Waals surface area (Å²) in [7, 11) is 0. The van der Waals surface area contributed by atoms with Crippen molar-refractivity contribution in [3.63, 3.8) is 0 Å². The zero-order valence-electron chi connectivity index (χ0n) is 20.1. The molecular formula is C28H27ClN4O3. The lowest BCUT2D eigenvalue weighted by molar-refractivity contribution is 0.0982. The van der Waals surface area contributed by atoms with Crippen molar-refractivity contribution < 1.29 is 15.0 Å². The van der Waals surface area contributed by atoms with Crippen LogP contribution in [0.15, 0.2) is 72.9 Å². The van der Waals surface area contributed by atoms with Crippen molar-refractivity contribution in [2.45, 2.75) is 26.9 Å². The van der Waals surface area contributed by atoms with E-state index in [0.717, 1.165) is 41.4 Å². The molecule has 0 spiro atoms. The van der Waals surface area contributed by atoms with E-state index >= 15 is 0 Å². The van der Waals surface area contributed by atoms with Crippen LogP contribution in [0, 0.1) is 6.92 Å². The Kier molecular flexibility index (Phi) is 7.83. The highest BCUT2D eigenvalue weighted by atomic mass is 35.5. The van der Waals surface area contributed by atoms with Gasteiger partial charge >= 0.3 is 0 Å². The zero-order valence-corrected chi connectivity index (χ0v) is 20.8. The molecule has 1 amide bonds. The van der Waals surface area contributed by atoms with Gasteiger partial charge in [-0.1, -0.05) is 43.3 Å². The summed E-state index contributed by atoms with van der Waals surface area (Å²) in [5, 5.41) is 23.5. The Morgan fingerprint density at radius 3 is 2.50 bits per heavy atom. The molecule has 8 heteroatoms. The molecular weight excluding hydrogens is 476 g/mol. The molecule has 184 valence electrons. The van der Waals surface area contributed by atoms with Crippen molar-refractivity contribution in [2.75, 3.05) is 11.4 Å². The van der Waals surface area contributed by atoms with Gasteiger partial charge in [-0.25, -0.2) is 9.97 Å². The van der Waals surface area contributed by atoms with E-state index in [1.54, 1.807) is 11.1 Å². The van der Waals surface area contributed by atoms with Gasteiger partial charge in [0.1, 0.15) is 11.5 Å². The van der Waals surface area contributed by atoms with Crippen LogP contribution >= 0.6 is 11.6 Å². The number of hydrogen-bond acceptors (Lipinski definition) is 6. The van der Waals surface area contributed by atoms with Gasteiger partial charge in [-0.05, 0) is 66.0 Å². The molecule has 3 aromatic carbocycles. The van der Waals surface area contributed by atoms with Crippen LogP contribution in [0.25, 0.3) is 11.3 Å². The third-order valence-electron chi connectivity index (χ3n) is 5.76. The van der Waals surface area contributed by atoms with Crippen LogP contribution in [-0.2, 0) is 13.1 Å². The van der Waals surface area contributed by atoms with Crippen molar-refractivity contribution in [3.8, 4) is 22.8 Å². The fourth-order valence-electron chi connectivity index (χ4n) is 3.93. The van der Waals surface area contributed by atoms with Gasteiger partial charge in [0, 0.05) is 30.1 Å². The maximum Gasteiger partial charge on any atom is 0.262 e. The first-order valence-corrected chi connectivity index (χ1v) is 12.0. The summed E-state index contributed by atoms with van der Waals surface area (Å²) in [4.78, 5) is 23.6. The minimum atomic E-state index is -0.390. The van der Waals surface area contributed by atoms with Crippen molar-refractivity contribution >= 4 is 23.2 Å². The number of halogens is 1. The monoisotopic (exact) mass is 502 g/mol. The topological polar surface area (TPSA) is 98.6 Å². The molecule has 1 heterocycles. The lowest BCUT2D eigenvalue weighted by atomic mass is 10.1. The number of hydrogen-bond donors (Lipinski definition) is 3. The van der Waals surface area contributed by atoms with Crippen LogP contribution in [0.3, 0.4) is 0 Å². The third-order valence-corrected chi connectivity index (χ3v) is 5.94. The molecule has 7 nitrogen and oxygen atoms in total. The highest BCUT2D eigenvalue weighted by Crippen LogP contribution is 2.30. The van der Waals surface area contributed by atoms with Crippen LogP contribution in [-0.4, -0.2) is 32.6 Å². The summed E-state index contributed by atoms with van der Waals surface area (Å²) in [5.41, 5.74) is 5.23. The number of carbonyl (C=O) groups is 1. The SMILES string of the molecule is CCNCc1cccc(CN(C(=O)c2ccc(O)cc2O)c2ccc(-c3nc(Cl)ncc3C)cc2)c1. The maximum absolute atomic E-state index is 13.6. The predicted octanol–water partition coefficient (Wildman–Crippen LogP) is 5.47. The van der Waals surface area contributed by atoms with E-state index in [9.17, 15) is 15.0 Å². The molecule has 0 aliphatic heterocycles. The number of aromatic hydroxyl groups is 2. The Morgan fingerprint density at radius 1 is 1.03 bits per heavy atom. The Balaban J connectivity index is 1.71. The van der Waals surface area contributed by atoms with E-state index in [1.165, 1.54) is 12.1 Å². The van der Waals surface area contributed by atoms with E-state index in [0.29, 0.717) is 11.4 Å². The molecule has 3 N–H and O–H groups in total. The van der Waals surface area contributed by atoms with Gasteiger partial charge < -0.3 is 20.4 Å². The maximum atomic E-state index is 13.6. The number of phenolic OH excluding ortho intramolecular Hbond substituents is 2. The zero-order chi connectivity index (χ0) is 25.7. The standard InChI is InChI=1S/C28H27ClN4O3/c1-3-30-16-19-5-4-6-20(13-19)17-33(27(36)24-12-11-23(34)14-25(24)35)22-9-7-21(8-10-22)26-18(2)15-31-28(29)32-26/h4-15,30,34-35H,3,16-17H2,1-2H3. The van der Waals surface area contributed by atoms with Gasteiger partial charge in [0.05, 0.1) is 17.8 Å². The molecule has 0 bridgehead atoms. The molecule has 0 unspecified atom stereocenters. The number of benzene rings is 3. The number of rotatable bonds is 8. The summed E-state index contributed by atoms with van der Waals surface area (Å²) in [6, 6.07) is 19.4. The van der Waals surface area contributed by atoms with Crippen LogP contribution in [0.4, 0.5) is 5.69 Å². The minimum absolute atomic E-state index is 0.0964. The first-order valence-electron chi connectivity index (χ1n) is 11.6. The number of aryl methyl sites for hydroxylation is 1. The Morgan fingerprint density at radius 2 is 1.78 bits per heavy atom. The molecule has 0 aliphatic carbocycles. The van der Waals surface area contributed by atoms with Gasteiger partial charge in [-0.3, -0.25) is 4.79 Å². The number of nitrogens with one attached hydrogen (secondary N) is 1. The quantitative estimate of drug-likeness (QED) is 0.276. The van der Waals surface area contributed by atoms with E-state index in [2.05, 4.69) is 28.3 Å². The number of carbonyl (C=O) groups excluding carboxylic acids is 1. The number of anilines is 1. The fourth-order valence-corrected chi connectivity index (χ4v) is 4.06. The second-order valence-corrected chi connectivity index (χ2v) is 8.75. The summed E-state index contributed by atoms with van der Waals surface area (Å²) < 4.78 is 0. The lowest BCUT2D eigenvalue weighted by Gasteiger charge is -2.24. The minimum Gasteiger partial charge on any atom is -0.508 e. The number of nitrogens with zero attached hydrogens (tertiary/aromatic N) is 3. The summed E-state index contributed by atoms with van der Waals surface area (Å²) in [5.74, 6) is -0.790. The Bertz CT molecular complexity index is 1380. The molecule has 4 rings (SSSR count). The third kappa shape index (κ3) is 5.82. The molecule has 4 aromatic rings. The van der Waals surface area contributed by atoms with E-state index < -0.39 is 5.91 Å². The van der Waals surface area contributed by atoms with E-state index in [-0.39, 0.29) is 28.9 Å². The summed E-state index contributed by atoms with van der Waals surface area (Å²) >= 11 is 6.00. The largest absolute Gasteiger partial charge is 0.508 e. The molecule has 0 saturated carbocycles. The average Bonchev–Trinajstić information content (AvgIpc) is 2.87. The van der Waals surface area contributed by atoms with Gasteiger partial charge in [-0.15, -0.1) is 0 Å². The number of phenols is 2. The molecule has 0 fully saturated rings. The first kappa shape index (κ1) is 25.2. The molecule has 1 aromatic heterocycles. The van der Waals surface area contributed by atoms with Crippen molar-refractivity contribution in [3.05, 3.63) is 100 Å². The Hall–Kier alpha value is -3.94. The number of aromatic nitrogens is 2. The van der Waals surface area contributed by atoms with Gasteiger partial charge in [0.15, 0.2) is 0 Å². The van der Waals surface area contributed by atoms with E-state index in [4.69, 9.17) is 11.6 Å². The van der Waals surface area contributed by atoms with Crippen LogP contribution in [0.2, 0.25) is 5.28 Å². The molecule has 0 aliphatic rings. The van der Waals surface area contributed by atoms with Crippen LogP contribution in [0.1, 0.15) is 34.0 Å². The van der Waals surface area contributed by atoms with Crippen molar-refractivity contribution in [1.29, 1.82) is 0 Å². The predicted molar refractivity (Wildman–Crippen MR) is 141 cm³/mol. The van der Waals surface area contributed by atoms with Crippen molar-refractivity contribution in [2.24, 2.45) is 0 Å². The summed E-state index contributed by atoms with van der Waals surface area (Å²) in [6.45, 7) is 5.83. The average molecular weight is 503 g/mol. The van der Waals surface area contributed by atoms with Gasteiger partial charge in [0.2, 0.25) is 5.28 Å². The van der Waals surface area contributed by atoms with Crippen LogP contribution in [0.5, 0.6) is 11.5 Å². The second kappa shape index (κ2) is 11.2. The molecule has 0 atom stereocenters. The molecule has 36 heavy (non-hydrogen) atoms. The Labute approximate surface area is 215 Å². The van der Waals surface area contributed by atoms with Gasteiger partial charge in [0.25, 0.3) is 5.91 Å². The molecule has 0 saturated heterocycles. The first-order chi connectivity index (χ1) is 17.4.